The van der Waals surface area contributed by atoms with Crippen molar-refractivity contribution in [3.8, 4) is 5.75 Å². The van der Waals surface area contributed by atoms with Crippen molar-refractivity contribution in [3.63, 3.8) is 0 Å². The molecule has 3 nitrogen and oxygen atoms in total. The summed E-state index contributed by atoms with van der Waals surface area (Å²) in [5.74, 6) is 0.594. The van der Waals surface area contributed by atoms with E-state index in [2.05, 4.69) is 6.92 Å². The van der Waals surface area contributed by atoms with Gasteiger partial charge in [-0.15, -0.1) is 0 Å². The van der Waals surface area contributed by atoms with E-state index in [1.165, 1.54) is 19.3 Å². The number of hydrogen-bond acceptors (Lipinski definition) is 3. The Balaban J connectivity index is 2.46. The highest BCUT2D eigenvalue weighted by Crippen LogP contribution is 2.19. The molecule has 0 aliphatic heterocycles. The van der Waals surface area contributed by atoms with E-state index < -0.39 is 0 Å². The van der Waals surface area contributed by atoms with E-state index in [0.717, 1.165) is 17.7 Å². The Morgan fingerprint density at radius 1 is 1.11 bits per heavy atom. The second-order valence-corrected chi connectivity index (χ2v) is 4.50. The first kappa shape index (κ1) is 15.5. The van der Waals surface area contributed by atoms with Crippen molar-refractivity contribution in [1.82, 2.24) is 0 Å². The summed E-state index contributed by atoms with van der Waals surface area (Å²) >= 11 is 0. The van der Waals surface area contributed by atoms with Gasteiger partial charge >= 0.3 is 5.97 Å². The number of carbonyl (C=O) groups excluding carboxylic acids is 1. The van der Waals surface area contributed by atoms with Crippen LogP contribution in [0.3, 0.4) is 0 Å². The molecule has 0 bridgehead atoms. The highest BCUT2D eigenvalue weighted by atomic mass is 16.5. The van der Waals surface area contributed by atoms with E-state index in [-0.39, 0.29) is 12.4 Å². The molecule has 0 aliphatic rings. The molecule has 19 heavy (non-hydrogen) atoms. The number of rotatable bonds is 9. The molecule has 0 N–H and O–H groups in total. The monoisotopic (exact) mass is 264 g/mol. The molecule has 0 fully saturated rings. The van der Waals surface area contributed by atoms with Crippen molar-refractivity contribution in [2.75, 3.05) is 13.2 Å². The quantitative estimate of drug-likeness (QED) is 0.503. The van der Waals surface area contributed by atoms with E-state index in [0.29, 0.717) is 13.2 Å². The summed E-state index contributed by atoms with van der Waals surface area (Å²) in [6.45, 7) is 5.13. The molecule has 0 spiro atoms. The third-order valence-corrected chi connectivity index (χ3v) is 2.87. The molecule has 1 aromatic carbocycles. The molecule has 0 aliphatic carbocycles. The molecule has 0 aromatic heterocycles. The lowest BCUT2D eigenvalue weighted by molar-refractivity contribution is -0.142. The first-order valence-corrected chi connectivity index (χ1v) is 7.14. The van der Waals surface area contributed by atoms with Crippen molar-refractivity contribution in [1.29, 1.82) is 0 Å². The summed E-state index contributed by atoms with van der Waals surface area (Å²) in [5.41, 5.74) is 0.899. The number of unbranched alkanes of at least 4 members (excludes halogenated alkanes) is 3. The summed E-state index contributed by atoms with van der Waals surface area (Å²) in [7, 11) is 0. The fourth-order valence-corrected chi connectivity index (χ4v) is 1.87. The molecule has 0 heterocycles. The van der Waals surface area contributed by atoms with Gasteiger partial charge in [-0.25, -0.2) is 0 Å². The van der Waals surface area contributed by atoms with Crippen LogP contribution < -0.4 is 4.74 Å². The van der Waals surface area contributed by atoms with Crippen LogP contribution in [0.25, 0.3) is 0 Å². The number of benzene rings is 1. The van der Waals surface area contributed by atoms with Gasteiger partial charge in [0, 0.05) is 5.56 Å². The molecule has 1 rings (SSSR count). The lowest BCUT2D eigenvalue weighted by Crippen LogP contribution is -2.09. The van der Waals surface area contributed by atoms with Crippen LogP contribution in [0.5, 0.6) is 5.75 Å². The number of esters is 1. The van der Waals surface area contributed by atoms with Crippen LogP contribution in [0, 0.1) is 0 Å². The minimum Gasteiger partial charge on any atom is -0.493 e. The zero-order valence-corrected chi connectivity index (χ0v) is 12.0. The molecule has 0 unspecified atom stereocenters. The van der Waals surface area contributed by atoms with E-state index in [9.17, 15) is 4.79 Å². The summed E-state index contributed by atoms with van der Waals surface area (Å²) in [6.07, 6.45) is 4.99. The van der Waals surface area contributed by atoms with Crippen molar-refractivity contribution in [3.05, 3.63) is 29.8 Å². The maximum atomic E-state index is 11.5. The van der Waals surface area contributed by atoms with Gasteiger partial charge in [-0.05, 0) is 19.4 Å². The zero-order chi connectivity index (χ0) is 13.9. The zero-order valence-electron chi connectivity index (χ0n) is 12.0. The SMILES string of the molecule is CCCCCCOc1ccccc1CC(=O)OCC. The topological polar surface area (TPSA) is 35.5 Å². The first-order chi connectivity index (χ1) is 9.27. The largest absolute Gasteiger partial charge is 0.493 e. The first-order valence-electron chi connectivity index (χ1n) is 7.14. The normalized spacial score (nSPS) is 10.2. The van der Waals surface area contributed by atoms with E-state index >= 15 is 0 Å². The fraction of sp³-hybridized carbons (Fsp3) is 0.562. The smallest absolute Gasteiger partial charge is 0.310 e. The van der Waals surface area contributed by atoms with Crippen LogP contribution in [0.2, 0.25) is 0 Å². The molecular weight excluding hydrogens is 240 g/mol. The van der Waals surface area contributed by atoms with E-state index in [4.69, 9.17) is 9.47 Å². The van der Waals surface area contributed by atoms with Gasteiger partial charge in [0.25, 0.3) is 0 Å². The third kappa shape index (κ3) is 6.27. The van der Waals surface area contributed by atoms with Crippen molar-refractivity contribution in [2.45, 2.75) is 46.0 Å². The maximum absolute atomic E-state index is 11.5. The van der Waals surface area contributed by atoms with Crippen LogP contribution >= 0.6 is 0 Å². The summed E-state index contributed by atoms with van der Waals surface area (Å²) in [4.78, 5) is 11.5. The lowest BCUT2D eigenvalue weighted by Gasteiger charge is -2.11. The Morgan fingerprint density at radius 2 is 1.89 bits per heavy atom. The van der Waals surface area contributed by atoms with Gasteiger partial charge in [0.05, 0.1) is 19.6 Å². The molecule has 0 radical (unpaired) electrons. The van der Waals surface area contributed by atoms with Crippen LogP contribution in [0.15, 0.2) is 24.3 Å². The van der Waals surface area contributed by atoms with Gasteiger partial charge in [-0.1, -0.05) is 44.4 Å². The standard InChI is InChI=1S/C16H24O3/c1-3-5-6-9-12-19-15-11-8-7-10-14(15)13-16(17)18-4-2/h7-8,10-11H,3-6,9,12-13H2,1-2H3. The van der Waals surface area contributed by atoms with Crippen LogP contribution in [0.4, 0.5) is 0 Å². The Labute approximate surface area is 115 Å². The summed E-state index contributed by atoms with van der Waals surface area (Å²) < 4.78 is 10.7. The minimum atomic E-state index is -0.204. The molecule has 106 valence electrons. The van der Waals surface area contributed by atoms with Crippen LogP contribution in [-0.4, -0.2) is 19.2 Å². The Kier molecular flexibility index (Phi) is 7.71. The predicted molar refractivity (Wildman–Crippen MR) is 76.4 cm³/mol. The average Bonchev–Trinajstić information content (AvgIpc) is 2.40. The number of para-hydroxylation sites is 1. The highest BCUT2D eigenvalue weighted by Gasteiger charge is 2.09. The molecule has 1 aromatic rings. The molecule has 0 saturated carbocycles. The number of ether oxygens (including phenoxy) is 2. The summed E-state index contributed by atoms with van der Waals surface area (Å²) in [5, 5.41) is 0. The predicted octanol–water partition coefficient (Wildman–Crippen LogP) is 3.75. The molecular formula is C16H24O3. The lowest BCUT2D eigenvalue weighted by atomic mass is 10.1. The molecule has 0 amide bonds. The molecule has 0 saturated heterocycles. The Morgan fingerprint density at radius 3 is 2.63 bits per heavy atom. The summed E-state index contributed by atoms with van der Waals surface area (Å²) in [6, 6.07) is 7.67. The number of hydrogen-bond donors (Lipinski definition) is 0. The number of carbonyl (C=O) groups is 1. The molecule has 0 atom stereocenters. The highest BCUT2D eigenvalue weighted by molar-refractivity contribution is 5.73. The van der Waals surface area contributed by atoms with E-state index in [1.807, 2.05) is 31.2 Å². The second-order valence-electron chi connectivity index (χ2n) is 4.50. The van der Waals surface area contributed by atoms with Gasteiger partial charge < -0.3 is 9.47 Å². The Bertz CT molecular complexity index is 374. The molecule has 3 heteroatoms. The van der Waals surface area contributed by atoms with Crippen molar-refractivity contribution < 1.29 is 14.3 Å². The van der Waals surface area contributed by atoms with Crippen molar-refractivity contribution >= 4 is 5.97 Å². The second kappa shape index (κ2) is 9.42. The van der Waals surface area contributed by atoms with Gasteiger partial charge in [0.15, 0.2) is 0 Å². The average molecular weight is 264 g/mol. The third-order valence-electron chi connectivity index (χ3n) is 2.87. The van der Waals surface area contributed by atoms with E-state index in [1.54, 1.807) is 0 Å². The van der Waals surface area contributed by atoms with Crippen molar-refractivity contribution in [2.24, 2.45) is 0 Å². The van der Waals surface area contributed by atoms with Gasteiger partial charge in [-0.3, -0.25) is 4.79 Å². The van der Waals surface area contributed by atoms with Crippen LogP contribution in [0.1, 0.15) is 45.1 Å². The van der Waals surface area contributed by atoms with Crippen LogP contribution in [-0.2, 0) is 16.0 Å². The van der Waals surface area contributed by atoms with Gasteiger partial charge in [0.2, 0.25) is 0 Å². The minimum absolute atomic E-state index is 0.204. The Hall–Kier alpha value is -1.51. The van der Waals surface area contributed by atoms with Gasteiger partial charge in [0.1, 0.15) is 5.75 Å². The maximum Gasteiger partial charge on any atom is 0.310 e. The fourth-order valence-electron chi connectivity index (χ4n) is 1.87. The van der Waals surface area contributed by atoms with Gasteiger partial charge in [-0.2, -0.15) is 0 Å².